The molecule has 1 fully saturated rings. The normalized spacial score (nSPS) is 18.9. The molecule has 0 aromatic carbocycles. The van der Waals surface area contributed by atoms with Crippen molar-refractivity contribution in [2.75, 3.05) is 26.7 Å². The molecule has 0 saturated carbocycles. The van der Waals surface area contributed by atoms with E-state index in [4.69, 9.17) is 4.74 Å². The minimum absolute atomic E-state index is 0.0224. The maximum atomic E-state index is 12.6. The van der Waals surface area contributed by atoms with Gasteiger partial charge in [-0.1, -0.05) is 13.8 Å². The number of carbonyl (C=O) groups excluding carboxylic acids is 1. The number of carbonyl (C=O) groups is 1. The topological polar surface area (TPSA) is 54.5 Å². The lowest BCUT2D eigenvalue weighted by Crippen LogP contribution is -2.43. The number of methoxy groups -OCH3 is 1. The average Bonchev–Trinajstić information content (AvgIpc) is 2.52. The van der Waals surface area contributed by atoms with E-state index in [2.05, 4.69) is 24.1 Å². The molecule has 1 aromatic rings. The van der Waals surface area contributed by atoms with Gasteiger partial charge in [-0.2, -0.15) is 0 Å². The summed E-state index contributed by atoms with van der Waals surface area (Å²) in [5, 5.41) is 3.46. The van der Waals surface area contributed by atoms with Crippen LogP contribution in [0, 0.1) is 5.92 Å². The fourth-order valence-corrected chi connectivity index (χ4v) is 2.71. The zero-order valence-corrected chi connectivity index (χ0v) is 13.1. The van der Waals surface area contributed by atoms with Crippen molar-refractivity contribution >= 4 is 5.91 Å². The number of likely N-dealkylation sites (tertiary alicyclic amines) is 1. The summed E-state index contributed by atoms with van der Waals surface area (Å²) < 4.78 is 5.19. The zero-order valence-electron chi connectivity index (χ0n) is 13.1. The van der Waals surface area contributed by atoms with E-state index in [0.717, 1.165) is 26.1 Å². The lowest BCUT2D eigenvalue weighted by molar-refractivity contribution is 0.0668. The highest BCUT2D eigenvalue weighted by atomic mass is 16.5. The van der Waals surface area contributed by atoms with Crippen molar-refractivity contribution in [3.05, 3.63) is 23.9 Å². The Kier molecular flexibility index (Phi) is 5.56. The van der Waals surface area contributed by atoms with Crippen LogP contribution in [0.4, 0.5) is 0 Å². The first kappa shape index (κ1) is 15.8. The molecule has 2 rings (SSSR count). The molecule has 2 heterocycles. The summed E-state index contributed by atoms with van der Waals surface area (Å²) in [4.78, 5) is 18.7. The Labute approximate surface area is 126 Å². The van der Waals surface area contributed by atoms with E-state index in [-0.39, 0.29) is 5.91 Å². The second kappa shape index (κ2) is 7.41. The molecule has 5 heteroatoms. The highest BCUT2D eigenvalue weighted by Gasteiger charge is 2.26. The quantitative estimate of drug-likeness (QED) is 0.901. The molecular weight excluding hydrogens is 266 g/mol. The highest BCUT2D eigenvalue weighted by Crippen LogP contribution is 2.21. The first-order valence-electron chi connectivity index (χ1n) is 7.63. The molecule has 0 bridgehead atoms. The number of aromatic nitrogens is 1. The van der Waals surface area contributed by atoms with Gasteiger partial charge < -0.3 is 15.0 Å². The van der Waals surface area contributed by atoms with Crippen LogP contribution >= 0.6 is 0 Å². The maximum Gasteiger partial charge on any atom is 0.259 e. The van der Waals surface area contributed by atoms with Gasteiger partial charge in [-0.05, 0) is 37.4 Å². The molecule has 1 aliphatic rings. The van der Waals surface area contributed by atoms with Crippen molar-refractivity contribution in [2.24, 2.45) is 5.92 Å². The highest BCUT2D eigenvalue weighted by molar-refractivity contribution is 5.96. The Morgan fingerprint density at radius 2 is 2.38 bits per heavy atom. The molecule has 5 nitrogen and oxygen atoms in total. The molecule has 0 radical (unpaired) electrons. The number of piperidine rings is 1. The van der Waals surface area contributed by atoms with Gasteiger partial charge in [-0.25, -0.2) is 4.98 Å². The van der Waals surface area contributed by atoms with E-state index >= 15 is 0 Å². The molecule has 1 saturated heterocycles. The van der Waals surface area contributed by atoms with Crippen LogP contribution < -0.4 is 10.1 Å². The number of hydrogen-bond donors (Lipinski definition) is 1. The molecule has 1 unspecified atom stereocenters. The summed E-state index contributed by atoms with van der Waals surface area (Å²) in [6.45, 7) is 6.87. The molecule has 0 aliphatic carbocycles. The molecule has 1 atom stereocenters. The van der Waals surface area contributed by atoms with Crippen molar-refractivity contribution in [1.82, 2.24) is 15.2 Å². The average molecular weight is 291 g/mol. The first-order valence-corrected chi connectivity index (χ1v) is 7.63. The van der Waals surface area contributed by atoms with Gasteiger partial charge in [-0.3, -0.25) is 4.79 Å². The predicted molar refractivity (Wildman–Crippen MR) is 82.6 cm³/mol. The van der Waals surface area contributed by atoms with Gasteiger partial charge in [-0.15, -0.1) is 0 Å². The van der Waals surface area contributed by atoms with E-state index in [1.54, 1.807) is 25.4 Å². The standard InChI is InChI=1S/C16H25N3O2/c1-12(2)18-10-13-6-5-9-19(11-13)16(20)14-7-4-8-17-15(14)21-3/h4,7-8,12-13,18H,5-6,9-11H2,1-3H3. The smallest absolute Gasteiger partial charge is 0.259 e. The summed E-state index contributed by atoms with van der Waals surface area (Å²) in [6.07, 6.45) is 3.87. The molecule has 1 amide bonds. The molecule has 1 aromatic heterocycles. The number of hydrogen-bond acceptors (Lipinski definition) is 4. The SMILES string of the molecule is COc1ncccc1C(=O)N1CCCC(CNC(C)C)C1. The van der Waals surface area contributed by atoms with Gasteiger partial charge in [0, 0.05) is 25.3 Å². The van der Waals surface area contributed by atoms with E-state index in [1.807, 2.05) is 4.90 Å². The largest absolute Gasteiger partial charge is 0.480 e. The van der Waals surface area contributed by atoms with Gasteiger partial charge in [0.15, 0.2) is 0 Å². The predicted octanol–water partition coefficient (Wildman–Crippen LogP) is 1.94. The molecule has 21 heavy (non-hydrogen) atoms. The van der Waals surface area contributed by atoms with Crippen LogP contribution in [0.1, 0.15) is 37.0 Å². The summed E-state index contributed by atoms with van der Waals surface area (Å²) in [5.41, 5.74) is 0.553. The van der Waals surface area contributed by atoms with Gasteiger partial charge in [0.2, 0.25) is 5.88 Å². The van der Waals surface area contributed by atoms with Crippen LogP contribution in [0.25, 0.3) is 0 Å². The lowest BCUT2D eigenvalue weighted by atomic mass is 9.97. The van der Waals surface area contributed by atoms with Gasteiger partial charge in [0.1, 0.15) is 5.56 Å². The maximum absolute atomic E-state index is 12.6. The van der Waals surface area contributed by atoms with E-state index in [0.29, 0.717) is 23.4 Å². The van der Waals surface area contributed by atoms with Gasteiger partial charge in [0.05, 0.1) is 7.11 Å². The molecule has 116 valence electrons. The Morgan fingerprint density at radius 1 is 1.57 bits per heavy atom. The second-order valence-corrected chi connectivity index (χ2v) is 5.88. The minimum Gasteiger partial charge on any atom is -0.480 e. The molecule has 1 aliphatic heterocycles. The van der Waals surface area contributed by atoms with Crippen LogP contribution in [0.3, 0.4) is 0 Å². The van der Waals surface area contributed by atoms with Crippen LogP contribution in [0.15, 0.2) is 18.3 Å². The first-order chi connectivity index (χ1) is 10.1. The molecular formula is C16H25N3O2. The zero-order chi connectivity index (χ0) is 15.2. The third kappa shape index (κ3) is 4.17. The Hall–Kier alpha value is -1.62. The van der Waals surface area contributed by atoms with Crippen LogP contribution in [0.5, 0.6) is 5.88 Å². The van der Waals surface area contributed by atoms with Gasteiger partial charge >= 0.3 is 0 Å². The number of nitrogens with zero attached hydrogens (tertiary/aromatic N) is 2. The fourth-order valence-electron chi connectivity index (χ4n) is 2.71. The van der Waals surface area contributed by atoms with Crippen molar-refractivity contribution in [1.29, 1.82) is 0 Å². The van der Waals surface area contributed by atoms with Crippen molar-refractivity contribution in [2.45, 2.75) is 32.7 Å². The third-order valence-electron chi connectivity index (χ3n) is 3.82. The number of ether oxygens (including phenoxy) is 1. The monoisotopic (exact) mass is 291 g/mol. The Morgan fingerprint density at radius 3 is 3.10 bits per heavy atom. The Balaban J connectivity index is 2.01. The van der Waals surface area contributed by atoms with E-state index < -0.39 is 0 Å². The molecule has 1 N–H and O–H groups in total. The lowest BCUT2D eigenvalue weighted by Gasteiger charge is -2.33. The summed E-state index contributed by atoms with van der Waals surface area (Å²) in [5.74, 6) is 0.951. The van der Waals surface area contributed by atoms with Crippen LogP contribution in [-0.4, -0.2) is 48.6 Å². The Bertz CT molecular complexity index is 476. The summed E-state index contributed by atoms with van der Waals surface area (Å²) in [6, 6.07) is 4.04. The van der Waals surface area contributed by atoms with Crippen molar-refractivity contribution in [3.8, 4) is 5.88 Å². The number of pyridine rings is 1. The third-order valence-corrected chi connectivity index (χ3v) is 3.82. The van der Waals surface area contributed by atoms with Gasteiger partial charge in [0.25, 0.3) is 5.91 Å². The molecule has 0 spiro atoms. The van der Waals surface area contributed by atoms with Crippen LogP contribution in [0.2, 0.25) is 0 Å². The fraction of sp³-hybridized carbons (Fsp3) is 0.625. The summed E-state index contributed by atoms with van der Waals surface area (Å²) in [7, 11) is 1.55. The van der Waals surface area contributed by atoms with Crippen molar-refractivity contribution in [3.63, 3.8) is 0 Å². The number of nitrogens with one attached hydrogen (secondary N) is 1. The number of amides is 1. The minimum atomic E-state index is 0.0224. The van der Waals surface area contributed by atoms with E-state index in [1.165, 1.54) is 6.42 Å². The van der Waals surface area contributed by atoms with Crippen LogP contribution in [-0.2, 0) is 0 Å². The second-order valence-electron chi connectivity index (χ2n) is 5.88. The summed E-state index contributed by atoms with van der Waals surface area (Å²) >= 11 is 0. The van der Waals surface area contributed by atoms with E-state index in [9.17, 15) is 4.79 Å². The number of rotatable bonds is 5. The van der Waals surface area contributed by atoms with Crippen molar-refractivity contribution < 1.29 is 9.53 Å².